The molecule has 0 aliphatic carbocycles. The van der Waals surface area contributed by atoms with E-state index < -0.39 is 12.9 Å². The summed E-state index contributed by atoms with van der Waals surface area (Å²) in [5, 5.41) is 0.453. The minimum absolute atomic E-state index is 0.278. The molecule has 0 spiro atoms. The Bertz CT molecular complexity index is 792. The number of carbonyl (C=O) groups excluding carboxylic acids is 1. The van der Waals surface area contributed by atoms with Crippen LogP contribution >= 0.6 is 7.37 Å². The summed E-state index contributed by atoms with van der Waals surface area (Å²) >= 11 is 0. The molecule has 2 rings (SSSR count). The van der Waals surface area contributed by atoms with Gasteiger partial charge in [0.2, 0.25) is 0 Å². The van der Waals surface area contributed by atoms with Gasteiger partial charge < -0.3 is 9.42 Å². The van der Waals surface area contributed by atoms with E-state index in [1.165, 1.54) is 0 Å². The van der Waals surface area contributed by atoms with Crippen molar-refractivity contribution in [2.45, 2.75) is 27.2 Å². The Kier molecular flexibility index (Phi) is 6.94. The first-order chi connectivity index (χ1) is 12.3. The fourth-order valence-corrected chi connectivity index (χ4v) is 5.21. The van der Waals surface area contributed by atoms with E-state index in [-0.39, 0.29) is 6.61 Å². The molecule has 1 atom stereocenters. The summed E-state index contributed by atoms with van der Waals surface area (Å²) in [5.74, 6) is 0. The summed E-state index contributed by atoms with van der Waals surface area (Å²) in [5.41, 5.74) is 2.85. The van der Waals surface area contributed by atoms with Gasteiger partial charge in [0.1, 0.15) is 0 Å². The monoisotopic (exact) mass is 373 g/mol. The summed E-state index contributed by atoms with van der Waals surface area (Å²) in [6, 6.07) is 12.7. The van der Waals surface area contributed by atoms with Crippen LogP contribution in [0.25, 0.3) is 0 Å². The average Bonchev–Trinajstić information content (AvgIpc) is 2.58. The van der Waals surface area contributed by atoms with Crippen molar-refractivity contribution in [3.05, 3.63) is 64.7 Å². The fraction of sp³-hybridized carbons (Fsp3) is 0.381. The van der Waals surface area contributed by atoms with Crippen molar-refractivity contribution in [1.29, 1.82) is 0 Å². The highest BCUT2D eigenvalue weighted by atomic mass is 31.2. The number of hydrogen-bond donors (Lipinski definition) is 0. The van der Waals surface area contributed by atoms with E-state index in [0.29, 0.717) is 17.3 Å². The van der Waals surface area contributed by atoms with Crippen LogP contribution in [-0.2, 0) is 9.09 Å². The lowest BCUT2D eigenvalue weighted by Gasteiger charge is -2.20. The lowest BCUT2D eigenvalue weighted by atomic mass is 10.0. The molecule has 140 valence electrons. The Morgan fingerprint density at radius 3 is 2.15 bits per heavy atom. The number of rotatable bonds is 8. The van der Waals surface area contributed by atoms with Gasteiger partial charge in [0.15, 0.2) is 0 Å². The van der Waals surface area contributed by atoms with Crippen LogP contribution in [0, 0.1) is 20.8 Å². The molecule has 1 unspecified atom stereocenters. The Morgan fingerprint density at radius 2 is 1.62 bits per heavy atom. The number of aryl methyl sites for hydroxylation is 3. The maximum Gasteiger partial charge on any atom is 0.300 e. The molecule has 0 aliphatic rings. The van der Waals surface area contributed by atoms with E-state index in [1.807, 2.05) is 58.0 Å². The van der Waals surface area contributed by atoms with Crippen LogP contribution in [0.15, 0.2) is 42.5 Å². The predicted molar refractivity (Wildman–Crippen MR) is 108 cm³/mol. The molecule has 0 radical (unpaired) electrons. The highest BCUT2D eigenvalue weighted by Crippen LogP contribution is 2.50. The smallest absolute Gasteiger partial charge is 0.300 e. The Labute approximate surface area is 156 Å². The van der Waals surface area contributed by atoms with Crippen molar-refractivity contribution < 1.29 is 13.9 Å². The molecule has 0 aliphatic heterocycles. The highest BCUT2D eigenvalue weighted by molar-refractivity contribution is 7.83. The molecule has 0 saturated carbocycles. The van der Waals surface area contributed by atoms with Gasteiger partial charge in [0.25, 0.3) is 5.52 Å². The molecule has 4 nitrogen and oxygen atoms in total. The van der Waals surface area contributed by atoms with Crippen LogP contribution < -0.4 is 5.30 Å². The molecule has 2 aromatic rings. The number of hydrogen-bond acceptors (Lipinski definition) is 4. The summed E-state index contributed by atoms with van der Waals surface area (Å²) in [4.78, 5) is 15.4. The molecule has 0 bridgehead atoms. The van der Waals surface area contributed by atoms with Crippen LogP contribution in [-0.4, -0.2) is 37.7 Å². The molecular formula is C21H28NO3P. The van der Waals surface area contributed by atoms with Crippen molar-refractivity contribution in [2.75, 3.05) is 27.2 Å². The molecule has 2 aromatic carbocycles. The first kappa shape index (κ1) is 20.6. The van der Waals surface area contributed by atoms with Gasteiger partial charge in [-0.3, -0.25) is 9.36 Å². The number of carbonyl (C=O) groups is 1. The topological polar surface area (TPSA) is 46.6 Å². The Morgan fingerprint density at radius 1 is 1.04 bits per heavy atom. The molecule has 5 heteroatoms. The van der Waals surface area contributed by atoms with Gasteiger partial charge in [-0.05, 0) is 71.1 Å². The maximum absolute atomic E-state index is 13.8. The predicted octanol–water partition coefficient (Wildman–Crippen LogP) is 4.32. The second kappa shape index (κ2) is 8.77. The summed E-state index contributed by atoms with van der Waals surface area (Å²) < 4.78 is 19.6. The van der Waals surface area contributed by atoms with Crippen molar-refractivity contribution in [2.24, 2.45) is 0 Å². The van der Waals surface area contributed by atoms with Gasteiger partial charge >= 0.3 is 7.37 Å². The van der Waals surface area contributed by atoms with Crippen LogP contribution in [0.4, 0.5) is 0 Å². The van der Waals surface area contributed by atoms with Crippen LogP contribution in [0.5, 0.6) is 0 Å². The molecule has 0 fully saturated rings. The van der Waals surface area contributed by atoms with Crippen molar-refractivity contribution in [1.82, 2.24) is 4.90 Å². The SMILES string of the molecule is Cc1cc(C)c(C(=O)P(=O)(OCCCN(C)C)c2ccccc2)c(C)c1. The van der Waals surface area contributed by atoms with Crippen LogP contribution in [0.1, 0.15) is 33.5 Å². The maximum atomic E-state index is 13.8. The van der Waals surface area contributed by atoms with Crippen LogP contribution in [0.3, 0.4) is 0 Å². The summed E-state index contributed by atoms with van der Waals surface area (Å²) in [7, 11) is 0.275. The van der Waals surface area contributed by atoms with Gasteiger partial charge in [-0.1, -0.05) is 35.9 Å². The van der Waals surface area contributed by atoms with Gasteiger partial charge in [0, 0.05) is 10.9 Å². The molecule has 26 heavy (non-hydrogen) atoms. The van der Waals surface area contributed by atoms with E-state index in [9.17, 15) is 9.36 Å². The third-order valence-corrected chi connectivity index (χ3v) is 6.56. The van der Waals surface area contributed by atoms with Crippen molar-refractivity contribution >= 4 is 18.2 Å². The standard InChI is InChI=1S/C21H28NO3P/c1-16-14-17(2)20(18(3)15-16)21(23)26(24,19-10-7-6-8-11-19)25-13-9-12-22(4)5/h6-8,10-11,14-15H,9,12-13H2,1-5H3. The fourth-order valence-electron chi connectivity index (χ4n) is 3.11. The average molecular weight is 373 g/mol. The minimum atomic E-state index is -3.67. The van der Waals surface area contributed by atoms with Gasteiger partial charge in [-0.25, -0.2) is 0 Å². The Hall–Kier alpha value is -1.74. The van der Waals surface area contributed by atoms with Gasteiger partial charge in [0.05, 0.1) is 6.61 Å². The largest absolute Gasteiger partial charge is 0.320 e. The van der Waals surface area contributed by atoms with E-state index in [1.54, 1.807) is 24.3 Å². The summed E-state index contributed by atoms with van der Waals surface area (Å²) in [6.07, 6.45) is 0.711. The zero-order valence-corrected chi connectivity index (χ0v) is 17.2. The second-order valence-corrected chi connectivity index (χ2v) is 9.24. The first-order valence-electron chi connectivity index (χ1n) is 8.83. The molecule has 0 heterocycles. The van der Waals surface area contributed by atoms with Gasteiger partial charge in [-0.2, -0.15) is 0 Å². The van der Waals surface area contributed by atoms with E-state index in [0.717, 1.165) is 23.2 Å². The van der Waals surface area contributed by atoms with Gasteiger partial charge in [-0.15, -0.1) is 0 Å². The minimum Gasteiger partial charge on any atom is -0.320 e. The quantitative estimate of drug-likeness (QED) is 0.511. The first-order valence-corrected chi connectivity index (χ1v) is 10.5. The zero-order valence-electron chi connectivity index (χ0n) is 16.3. The third kappa shape index (κ3) is 4.70. The molecular weight excluding hydrogens is 345 g/mol. The van der Waals surface area contributed by atoms with Crippen LogP contribution in [0.2, 0.25) is 0 Å². The van der Waals surface area contributed by atoms with E-state index in [4.69, 9.17) is 4.52 Å². The zero-order chi connectivity index (χ0) is 19.3. The normalized spacial score (nSPS) is 13.6. The molecule has 0 N–H and O–H groups in total. The van der Waals surface area contributed by atoms with Crippen molar-refractivity contribution in [3.8, 4) is 0 Å². The summed E-state index contributed by atoms with van der Waals surface area (Å²) in [6.45, 7) is 6.84. The van der Waals surface area contributed by atoms with E-state index in [2.05, 4.69) is 0 Å². The second-order valence-electron chi connectivity index (χ2n) is 6.96. The molecule has 0 aromatic heterocycles. The molecule has 0 saturated heterocycles. The third-order valence-electron chi connectivity index (χ3n) is 4.28. The van der Waals surface area contributed by atoms with E-state index >= 15 is 0 Å². The number of nitrogens with zero attached hydrogens (tertiary/aromatic N) is 1. The highest BCUT2D eigenvalue weighted by Gasteiger charge is 2.37. The molecule has 0 amide bonds. The Balaban J connectivity index is 2.41. The van der Waals surface area contributed by atoms with Crippen molar-refractivity contribution in [3.63, 3.8) is 0 Å². The number of benzene rings is 2. The lowest BCUT2D eigenvalue weighted by Crippen LogP contribution is -2.20. The lowest BCUT2D eigenvalue weighted by molar-refractivity contribution is 0.105.